The highest BCUT2D eigenvalue weighted by atomic mass is 35.5. The molecule has 2 aromatic rings. The van der Waals surface area contributed by atoms with Crippen LogP contribution in [0.1, 0.15) is 19.4 Å². The summed E-state index contributed by atoms with van der Waals surface area (Å²) in [5.74, 6) is 0. The van der Waals surface area contributed by atoms with E-state index in [1.807, 2.05) is 18.2 Å². The smallest absolute Gasteiger partial charge is 0.0487 e. The van der Waals surface area contributed by atoms with Crippen molar-refractivity contribution in [1.29, 1.82) is 0 Å². The van der Waals surface area contributed by atoms with Crippen molar-refractivity contribution in [3.63, 3.8) is 0 Å². The second-order valence-electron chi connectivity index (χ2n) is 4.59. The van der Waals surface area contributed by atoms with Crippen molar-refractivity contribution < 1.29 is 0 Å². The first-order valence-corrected chi connectivity index (χ1v) is 6.47. The summed E-state index contributed by atoms with van der Waals surface area (Å²) in [5, 5.41) is 4.16. The molecule has 0 saturated heterocycles. The molecule has 0 atom stereocenters. The van der Waals surface area contributed by atoms with Gasteiger partial charge in [0.2, 0.25) is 0 Å². The molecule has 0 aliphatic carbocycles. The minimum Gasteiger partial charge on any atom is -0.310 e. The molecular weight excluding hydrogens is 244 g/mol. The Hall–Kier alpha value is -1.38. The van der Waals surface area contributed by atoms with Crippen LogP contribution in [0.25, 0.3) is 11.1 Å². The Bertz CT molecular complexity index is 509. The van der Waals surface area contributed by atoms with Gasteiger partial charge in [0, 0.05) is 35.6 Å². The highest BCUT2D eigenvalue weighted by Gasteiger charge is 2.04. The Kier molecular flexibility index (Phi) is 4.34. The average molecular weight is 261 g/mol. The van der Waals surface area contributed by atoms with Crippen LogP contribution in [-0.2, 0) is 6.54 Å². The van der Waals surface area contributed by atoms with Gasteiger partial charge in [0.1, 0.15) is 0 Å². The predicted octanol–water partition coefficient (Wildman–Crippen LogP) is 3.90. The van der Waals surface area contributed by atoms with Gasteiger partial charge < -0.3 is 5.32 Å². The fourth-order valence-corrected chi connectivity index (χ4v) is 2.07. The van der Waals surface area contributed by atoms with Gasteiger partial charge >= 0.3 is 0 Å². The van der Waals surface area contributed by atoms with E-state index >= 15 is 0 Å². The lowest BCUT2D eigenvalue weighted by atomic mass is 10.0. The molecule has 0 radical (unpaired) electrons. The molecule has 2 nitrogen and oxygen atoms in total. The fraction of sp³-hybridized carbons (Fsp3) is 0.267. The van der Waals surface area contributed by atoms with Crippen LogP contribution in [-0.4, -0.2) is 11.0 Å². The molecule has 1 aromatic carbocycles. The van der Waals surface area contributed by atoms with Crippen LogP contribution in [0.5, 0.6) is 0 Å². The third-order valence-corrected chi connectivity index (χ3v) is 3.05. The Morgan fingerprint density at radius 1 is 1.17 bits per heavy atom. The Morgan fingerprint density at radius 3 is 2.50 bits per heavy atom. The van der Waals surface area contributed by atoms with Gasteiger partial charge in [-0.25, -0.2) is 0 Å². The summed E-state index contributed by atoms with van der Waals surface area (Å²) in [6.07, 6.45) is 3.56. The lowest BCUT2D eigenvalue weighted by molar-refractivity contribution is 0.589. The van der Waals surface area contributed by atoms with Crippen LogP contribution < -0.4 is 5.32 Å². The zero-order valence-corrected chi connectivity index (χ0v) is 11.4. The topological polar surface area (TPSA) is 24.9 Å². The molecule has 0 spiro atoms. The van der Waals surface area contributed by atoms with E-state index in [0.29, 0.717) is 6.04 Å². The molecule has 2 rings (SSSR count). The normalized spacial score (nSPS) is 10.9. The summed E-state index contributed by atoms with van der Waals surface area (Å²) in [7, 11) is 0. The van der Waals surface area contributed by atoms with Crippen LogP contribution in [0.3, 0.4) is 0 Å². The molecule has 0 aliphatic heterocycles. The van der Waals surface area contributed by atoms with Gasteiger partial charge in [0.25, 0.3) is 0 Å². The summed E-state index contributed by atoms with van der Waals surface area (Å²) < 4.78 is 0. The first-order chi connectivity index (χ1) is 8.66. The van der Waals surface area contributed by atoms with E-state index in [-0.39, 0.29) is 0 Å². The maximum absolute atomic E-state index is 6.33. The minimum absolute atomic E-state index is 0.476. The second kappa shape index (κ2) is 5.98. The van der Waals surface area contributed by atoms with Gasteiger partial charge in [-0.3, -0.25) is 4.98 Å². The number of aromatic nitrogens is 1. The highest BCUT2D eigenvalue weighted by Crippen LogP contribution is 2.28. The monoisotopic (exact) mass is 260 g/mol. The zero-order valence-electron chi connectivity index (χ0n) is 10.7. The molecule has 0 unspecified atom stereocenters. The van der Waals surface area contributed by atoms with Crippen molar-refractivity contribution in [1.82, 2.24) is 10.3 Å². The number of pyridine rings is 1. The second-order valence-corrected chi connectivity index (χ2v) is 4.99. The molecule has 0 amide bonds. The Morgan fingerprint density at radius 2 is 1.89 bits per heavy atom. The molecular formula is C15H17ClN2. The molecule has 1 aromatic heterocycles. The van der Waals surface area contributed by atoms with E-state index in [1.54, 1.807) is 12.4 Å². The van der Waals surface area contributed by atoms with Gasteiger partial charge in [0.15, 0.2) is 0 Å². The van der Waals surface area contributed by atoms with Gasteiger partial charge in [-0.15, -0.1) is 0 Å². The summed E-state index contributed by atoms with van der Waals surface area (Å²) in [6.45, 7) is 5.11. The maximum atomic E-state index is 6.33. The maximum Gasteiger partial charge on any atom is 0.0487 e. The molecule has 0 saturated carbocycles. The third-order valence-electron chi connectivity index (χ3n) is 2.74. The quantitative estimate of drug-likeness (QED) is 0.902. The van der Waals surface area contributed by atoms with Crippen LogP contribution in [0, 0.1) is 0 Å². The van der Waals surface area contributed by atoms with Crippen molar-refractivity contribution in [3.05, 3.63) is 53.3 Å². The standard InChI is InChI=1S/C15H17ClN2/c1-11(2)18-10-12-3-4-14(15(16)9-12)13-5-7-17-8-6-13/h3-9,11,18H,10H2,1-2H3. The minimum atomic E-state index is 0.476. The summed E-state index contributed by atoms with van der Waals surface area (Å²) >= 11 is 6.33. The first-order valence-electron chi connectivity index (χ1n) is 6.09. The van der Waals surface area contributed by atoms with Crippen molar-refractivity contribution in [2.24, 2.45) is 0 Å². The molecule has 94 valence electrons. The molecule has 0 aliphatic rings. The van der Waals surface area contributed by atoms with Crippen LogP contribution in [0.4, 0.5) is 0 Å². The summed E-state index contributed by atoms with van der Waals surface area (Å²) in [5.41, 5.74) is 3.34. The highest BCUT2D eigenvalue weighted by molar-refractivity contribution is 6.33. The fourth-order valence-electron chi connectivity index (χ4n) is 1.76. The first kappa shape index (κ1) is 13.1. The largest absolute Gasteiger partial charge is 0.310 e. The van der Waals surface area contributed by atoms with E-state index in [9.17, 15) is 0 Å². The Balaban J connectivity index is 2.20. The number of benzene rings is 1. The number of hydrogen-bond donors (Lipinski definition) is 1. The molecule has 3 heteroatoms. The number of halogens is 1. The Labute approximate surface area is 113 Å². The molecule has 18 heavy (non-hydrogen) atoms. The number of nitrogens with one attached hydrogen (secondary N) is 1. The lowest BCUT2D eigenvalue weighted by Gasteiger charge is -2.10. The van der Waals surface area contributed by atoms with Gasteiger partial charge in [-0.1, -0.05) is 37.6 Å². The molecule has 1 N–H and O–H groups in total. The van der Waals surface area contributed by atoms with E-state index in [1.165, 1.54) is 5.56 Å². The predicted molar refractivity (Wildman–Crippen MR) is 76.7 cm³/mol. The number of nitrogens with zero attached hydrogens (tertiary/aromatic N) is 1. The van der Waals surface area contributed by atoms with Crippen molar-refractivity contribution >= 4 is 11.6 Å². The van der Waals surface area contributed by atoms with Crippen LogP contribution in [0.2, 0.25) is 5.02 Å². The van der Waals surface area contributed by atoms with Crippen molar-refractivity contribution in [3.8, 4) is 11.1 Å². The average Bonchev–Trinajstić information content (AvgIpc) is 2.37. The third kappa shape index (κ3) is 3.31. The van der Waals surface area contributed by atoms with E-state index < -0.39 is 0 Å². The lowest BCUT2D eigenvalue weighted by Crippen LogP contribution is -2.21. The van der Waals surface area contributed by atoms with Crippen molar-refractivity contribution in [2.75, 3.05) is 0 Å². The summed E-state index contributed by atoms with van der Waals surface area (Å²) in [6, 6.07) is 10.6. The molecule has 0 bridgehead atoms. The van der Waals surface area contributed by atoms with Gasteiger partial charge in [0.05, 0.1) is 0 Å². The van der Waals surface area contributed by atoms with Crippen LogP contribution >= 0.6 is 11.6 Å². The SMILES string of the molecule is CC(C)NCc1ccc(-c2ccncc2)c(Cl)c1. The van der Waals surface area contributed by atoms with Gasteiger partial charge in [-0.05, 0) is 29.3 Å². The van der Waals surface area contributed by atoms with Crippen LogP contribution in [0.15, 0.2) is 42.7 Å². The molecule has 1 heterocycles. The zero-order chi connectivity index (χ0) is 13.0. The summed E-state index contributed by atoms with van der Waals surface area (Å²) in [4.78, 5) is 4.01. The van der Waals surface area contributed by atoms with Crippen molar-refractivity contribution in [2.45, 2.75) is 26.4 Å². The van der Waals surface area contributed by atoms with Gasteiger partial charge in [-0.2, -0.15) is 0 Å². The number of hydrogen-bond acceptors (Lipinski definition) is 2. The van der Waals surface area contributed by atoms with E-state index in [4.69, 9.17) is 11.6 Å². The van der Waals surface area contributed by atoms with E-state index in [0.717, 1.165) is 22.7 Å². The number of rotatable bonds is 4. The van der Waals surface area contributed by atoms with E-state index in [2.05, 4.69) is 36.3 Å². The molecule has 0 fully saturated rings.